The lowest BCUT2D eigenvalue weighted by molar-refractivity contribution is -0.299. The highest BCUT2D eigenvalue weighted by atomic mass is 16.7. The van der Waals surface area contributed by atoms with Crippen LogP contribution in [-0.4, -0.2) is 30.7 Å². The molecule has 3 heteroatoms. The Bertz CT molecular complexity index is 383. The molecular weight excluding hydrogens is 288 g/mol. The molecule has 2 saturated heterocycles. The monoisotopic (exact) mass is 326 g/mol. The van der Waals surface area contributed by atoms with Gasteiger partial charge < -0.3 is 14.2 Å². The fourth-order valence-corrected chi connectivity index (χ4v) is 4.58. The third-order valence-electron chi connectivity index (χ3n) is 6.86. The number of hydrogen-bond acceptors (Lipinski definition) is 3. The topological polar surface area (TPSA) is 27.7 Å². The van der Waals surface area contributed by atoms with E-state index in [1.165, 1.54) is 0 Å². The highest BCUT2D eigenvalue weighted by molar-refractivity contribution is 4.91. The van der Waals surface area contributed by atoms with Gasteiger partial charge >= 0.3 is 0 Å². The van der Waals surface area contributed by atoms with Gasteiger partial charge in [0.2, 0.25) is 0 Å². The van der Waals surface area contributed by atoms with E-state index in [1.807, 2.05) is 0 Å². The van der Waals surface area contributed by atoms with Crippen LogP contribution < -0.4 is 0 Å². The van der Waals surface area contributed by atoms with Crippen LogP contribution in [0.25, 0.3) is 0 Å². The van der Waals surface area contributed by atoms with Crippen molar-refractivity contribution in [3.8, 4) is 0 Å². The first-order valence-corrected chi connectivity index (χ1v) is 9.61. The van der Waals surface area contributed by atoms with Crippen molar-refractivity contribution in [3.63, 3.8) is 0 Å². The summed E-state index contributed by atoms with van der Waals surface area (Å²) in [4.78, 5) is 0. The summed E-state index contributed by atoms with van der Waals surface area (Å²) in [6.07, 6.45) is 0.657. The molecule has 2 heterocycles. The summed E-state index contributed by atoms with van der Waals surface area (Å²) < 4.78 is 19.0. The molecule has 10 unspecified atom stereocenters. The Morgan fingerprint density at radius 3 is 1.78 bits per heavy atom. The van der Waals surface area contributed by atoms with Crippen LogP contribution in [0.3, 0.4) is 0 Å². The number of hydrogen-bond donors (Lipinski definition) is 0. The first-order chi connectivity index (χ1) is 10.6. The number of rotatable bonds is 3. The Hall–Kier alpha value is -0.120. The zero-order valence-corrected chi connectivity index (χ0v) is 16.6. The molecule has 0 N–H and O–H groups in total. The maximum atomic E-state index is 6.59. The largest absolute Gasteiger partial charge is 0.373 e. The van der Waals surface area contributed by atoms with Gasteiger partial charge in [-0.3, -0.25) is 0 Å². The van der Waals surface area contributed by atoms with Crippen LogP contribution in [0.15, 0.2) is 0 Å². The second-order valence-corrected chi connectivity index (χ2v) is 8.61. The average molecular weight is 327 g/mol. The molecule has 0 aromatic rings. The summed E-state index contributed by atoms with van der Waals surface area (Å²) >= 11 is 0. The van der Waals surface area contributed by atoms with Crippen molar-refractivity contribution in [2.24, 2.45) is 35.5 Å². The first-order valence-electron chi connectivity index (χ1n) is 9.61. The summed E-state index contributed by atoms with van der Waals surface area (Å²) in [6, 6.07) is 0. The van der Waals surface area contributed by atoms with Crippen molar-refractivity contribution in [1.29, 1.82) is 0 Å². The first kappa shape index (κ1) is 19.2. The fourth-order valence-electron chi connectivity index (χ4n) is 4.58. The van der Waals surface area contributed by atoms with E-state index >= 15 is 0 Å². The van der Waals surface area contributed by atoms with Crippen molar-refractivity contribution in [2.75, 3.05) is 0 Å². The van der Waals surface area contributed by atoms with Gasteiger partial charge in [-0.1, -0.05) is 41.5 Å². The zero-order chi connectivity index (χ0) is 17.5. The van der Waals surface area contributed by atoms with Crippen LogP contribution in [0.1, 0.15) is 62.3 Å². The predicted molar refractivity (Wildman–Crippen MR) is 94.2 cm³/mol. The van der Waals surface area contributed by atoms with E-state index in [0.717, 1.165) is 0 Å². The van der Waals surface area contributed by atoms with E-state index in [9.17, 15) is 0 Å². The highest BCUT2D eigenvalue weighted by Crippen LogP contribution is 2.41. The van der Waals surface area contributed by atoms with Crippen molar-refractivity contribution in [2.45, 2.75) is 93.0 Å². The van der Waals surface area contributed by atoms with E-state index in [-0.39, 0.29) is 24.6 Å². The molecule has 0 bridgehead atoms. The molecule has 23 heavy (non-hydrogen) atoms. The van der Waals surface area contributed by atoms with Crippen molar-refractivity contribution in [3.05, 3.63) is 0 Å². The van der Waals surface area contributed by atoms with Gasteiger partial charge in [0.25, 0.3) is 0 Å². The molecule has 136 valence electrons. The van der Waals surface area contributed by atoms with Crippen LogP contribution in [0, 0.1) is 35.5 Å². The quantitative estimate of drug-likeness (QED) is 0.749. The lowest BCUT2D eigenvalue weighted by Crippen LogP contribution is -2.55. The Morgan fingerprint density at radius 2 is 1.22 bits per heavy atom. The minimum Gasteiger partial charge on any atom is -0.373 e. The van der Waals surface area contributed by atoms with Gasteiger partial charge in [-0.2, -0.15) is 0 Å². The van der Waals surface area contributed by atoms with Gasteiger partial charge in [0.15, 0.2) is 6.29 Å². The predicted octanol–water partition coefficient (Wildman–Crippen LogP) is 4.74. The summed E-state index contributed by atoms with van der Waals surface area (Å²) in [5, 5.41) is 0. The Morgan fingerprint density at radius 1 is 0.652 bits per heavy atom. The molecular formula is C20H38O3. The Kier molecular flexibility index (Phi) is 6.19. The third kappa shape index (κ3) is 3.77. The van der Waals surface area contributed by atoms with Gasteiger partial charge in [0, 0.05) is 5.92 Å². The lowest BCUT2D eigenvalue weighted by Gasteiger charge is -2.49. The molecule has 0 aromatic heterocycles. The van der Waals surface area contributed by atoms with Crippen molar-refractivity contribution >= 4 is 0 Å². The summed E-state index contributed by atoms with van der Waals surface area (Å²) in [5.74, 6) is 3.19. The lowest BCUT2D eigenvalue weighted by atomic mass is 9.74. The smallest absolute Gasteiger partial charge is 0.161 e. The van der Waals surface area contributed by atoms with E-state index < -0.39 is 0 Å². The van der Waals surface area contributed by atoms with E-state index in [4.69, 9.17) is 14.2 Å². The van der Waals surface area contributed by atoms with E-state index in [2.05, 4.69) is 62.3 Å². The molecule has 0 aromatic carbocycles. The number of ether oxygens (including phenoxy) is 3. The van der Waals surface area contributed by atoms with Gasteiger partial charge in [-0.25, -0.2) is 0 Å². The normalized spacial score (nSPS) is 51.9. The molecule has 0 aliphatic carbocycles. The Balaban J connectivity index is 2.15. The average Bonchev–Trinajstić information content (AvgIpc) is 2.47. The third-order valence-corrected chi connectivity index (χ3v) is 6.86. The van der Waals surface area contributed by atoms with E-state index in [1.54, 1.807) is 0 Å². The second-order valence-electron chi connectivity index (χ2n) is 8.61. The molecule has 0 saturated carbocycles. The van der Waals surface area contributed by atoms with Crippen molar-refractivity contribution in [1.82, 2.24) is 0 Å². The minimum atomic E-state index is -0.117. The molecule has 2 aliphatic rings. The minimum absolute atomic E-state index is 0.112. The summed E-state index contributed by atoms with van der Waals surface area (Å²) in [5.41, 5.74) is 0. The molecule has 2 rings (SSSR count). The SMILES string of the molecule is CC(C)C1C(C)C(C)OC(C)C1OC1OC(C)C(C)C(C)C1C. The molecule has 3 nitrogen and oxygen atoms in total. The van der Waals surface area contributed by atoms with Crippen molar-refractivity contribution < 1.29 is 14.2 Å². The summed E-state index contributed by atoms with van der Waals surface area (Å²) in [7, 11) is 0. The molecule has 0 amide bonds. The standard InChI is InChI=1S/C20H38O3/c1-10(2)18-14(6)16(8)21-17(9)19(18)23-20-13(5)11(3)12(4)15(7)22-20/h10-20H,1-9H3. The van der Waals surface area contributed by atoms with Gasteiger partial charge in [0.1, 0.15) is 0 Å². The maximum absolute atomic E-state index is 6.59. The van der Waals surface area contributed by atoms with Crippen LogP contribution in [0.5, 0.6) is 0 Å². The molecule has 10 atom stereocenters. The Labute approximate surface area is 143 Å². The van der Waals surface area contributed by atoms with E-state index in [0.29, 0.717) is 41.6 Å². The van der Waals surface area contributed by atoms with Gasteiger partial charge in [-0.15, -0.1) is 0 Å². The fraction of sp³-hybridized carbons (Fsp3) is 1.00. The van der Waals surface area contributed by atoms with Crippen LogP contribution in [-0.2, 0) is 14.2 Å². The van der Waals surface area contributed by atoms with Crippen LogP contribution in [0.2, 0.25) is 0 Å². The van der Waals surface area contributed by atoms with Gasteiger partial charge in [0.05, 0.1) is 24.4 Å². The second kappa shape index (κ2) is 7.41. The maximum Gasteiger partial charge on any atom is 0.161 e. The molecule has 0 spiro atoms. The summed E-state index contributed by atoms with van der Waals surface area (Å²) in [6.45, 7) is 20.3. The molecule has 2 aliphatic heterocycles. The van der Waals surface area contributed by atoms with Crippen LogP contribution >= 0.6 is 0 Å². The highest BCUT2D eigenvalue weighted by Gasteiger charge is 2.46. The molecule has 2 fully saturated rings. The zero-order valence-electron chi connectivity index (χ0n) is 16.6. The van der Waals surface area contributed by atoms with Gasteiger partial charge in [-0.05, 0) is 50.4 Å². The van der Waals surface area contributed by atoms with Crippen LogP contribution in [0.4, 0.5) is 0 Å². The molecule has 0 radical (unpaired) electrons.